The number of unbranched alkanes of at least 4 members (excludes halogenated alkanes) is 45. The van der Waals surface area contributed by atoms with Crippen molar-refractivity contribution in [2.75, 3.05) is 39.6 Å². The molecular formula is C84H164O17P2. The number of phosphoric ester groups is 2. The third-order valence-electron chi connectivity index (χ3n) is 20.3. The summed E-state index contributed by atoms with van der Waals surface area (Å²) in [6.07, 6.45) is 61.1. The van der Waals surface area contributed by atoms with E-state index in [1.54, 1.807) is 0 Å². The summed E-state index contributed by atoms with van der Waals surface area (Å²) in [7, 11) is -9.93. The van der Waals surface area contributed by atoms with E-state index in [2.05, 4.69) is 55.4 Å². The normalized spacial score (nSPS) is 14.5. The van der Waals surface area contributed by atoms with Crippen molar-refractivity contribution in [2.24, 2.45) is 23.7 Å². The summed E-state index contributed by atoms with van der Waals surface area (Å²) in [6, 6.07) is 0. The van der Waals surface area contributed by atoms with Gasteiger partial charge in [-0.05, 0) is 49.4 Å². The van der Waals surface area contributed by atoms with Crippen LogP contribution in [0.15, 0.2) is 0 Å². The van der Waals surface area contributed by atoms with Crippen LogP contribution in [0.25, 0.3) is 0 Å². The highest BCUT2D eigenvalue weighted by Crippen LogP contribution is 2.45. The summed E-state index contributed by atoms with van der Waals surface area (Å²) in [5.41, 5.74) is 0. The van der Waals surface area contributed by atoms with Crippen molar-refractivity contribution in [3.63, 3.8) is 0 Å². The summed E-state index contributed by atoms with van der Waals surface area (Å²) in [5.74, 6) is 1.05. The lowest BCUT2D eigenvalue weighted by Crippen LogP contribution is -2.30. The highest BCUT2D eigenvalue weighted by Gasteiger charge is 2.30. The standard InChI is InChI=1S/C84H164O17P2/c1-9-76(7)62-54-46-38-32-25-21-17-13-11-12-14-18-23-27-34-40-50-58-66-83(88)101-80(71-95-82(87)65-57-49-43-42-47-55-63-77(8)10-2)73-99-103(92,93)97-69-78(85)68-96-102(90,91)98-72-79(100-84(89)67-59-51-41-35-29-28-31-37-45-53-61-75(5)6)70-94-81(86)64-56-48-39-33-26-22-19-15-16-20-24-30-36-44-52-60-74(3)4/h74-80,85H,9-73H2,1-8H3,(H,90,91)(H,92,93)/t76?,77?,78-,79-,80-/m1/s1. The molecule has 0 rings (SSSR count). The van der Waals surface area contributed by atoms with Crippen molar-refractivity contribution in [3.05, 3.63) is 0 Å². The molecule has 4 unspecified atom stereocenters. The van der Waals surface area contributed by atoms with Crippen LogP contribution in [0.4, 0.5) is 0 Å². The molecule has 0 aromatic rings. The first-order valence-corrected chi connectivity index (χ1v) is 46.3. The predicted octanol–water partition coefficient (Wildman–Crippen LogP) is 25.2. The molecule has 0 aliphatic carbocycles. The number of esters is 4. The topological polar surface area (TPSA) is 237 Å². The number of aliphatic hydroxyl groups is 1. The Morgan fingerprint density at radius 3 is 0.689 bits per heavy atom. The number of aliphatic hydroxyl groups excluding tert-OH is 1. The Morgan fingerprint density at radius 2 is 0.466 bits per heavy atom. The first kappa shape index (κ1) is 101. The summed E-state index contributed by atoms with van der Waals surface area (Å²) < 4.78 is 68.8. The smallest absolute Gasteiger partial charge is 0.462 e. The molecule has 19 heteroatoms. The van der Waals surface area contributed by atoms with Gasteiger partial charge in [0.05, 0.1) is 26.4 Å². The second kappa shape index (κ2) is 72.9. The first-order chi connectivity index (χ1) is 49.7. The molecule has 0 heterocycles. The zero-order valence-corrected chi connectivity index (χ0v) is 69.7. The molecule has 0 saturated heterocycles. The van der Waals surface area contributed by atoms with E-state index >= 15 is 0 Å². The molecular weight excluding hydrogens is 1340 g/mol. The van der Waals surface area contributed by atoms with Gasteiger partial charge in [-0.2, -0.15) is 0 Å². The molecule has 0 amide bonds. The fraction of sp³-hybridized carbons (Fsp3) is 0.952. The van der Waals surface area contributed by atoms with Gasteiger partial charge in [0, 0.05) is 25.7 Å². The highest BCUT2D eigenvalue weighted by atomic mass is 31.2. The van der Waals surface area contributed by atoms with Crippen LogP contribution in [0, 0.1) is 23.7 Å². The Bertz CT molecular complexity index is 2010. The van der Waals surface area contributed by atoms with E-state index < -0.39 is 97.5 Å². The van der Waals surface area contributed by atoms with Gasteiger partial charge in [0.2, 0.25) is 0 Å². The number of ether oxygens (including phenoxy) is 4. The Morgan fingerprint density at radius 1 is 0.272 bits per heavy atom. The van der Waals surface area contributed by atoms with Gasteiger partial charge in [0.1, 0.15) is 19.3 Å². The third-order valence-corrected chi connectivity index (χ3v) is 22.2. The molecule has 0 aromatic carbocycles. The maximum absolute atomic E-state index is 13.1. The van der Waals surface area contributed by atoms with Gasteiger partial charge in [-0.1, -0.05) is 383 Å². The van der Waals surface area contributed by atoms with Gasteiger partial charge < -0.3 is 33.8 Å². The number of hydrogen-bond acceptors (Lipinski definition) is 15. The number of rotatable bonds is 81. The van der Waals surface area contributed by atoms with Gasteiger partial charge in [-0.25, -0.2) is 9.13 Å². The molecule has 0 radical (unpaired) electrons. The number of carbonyl (C=O) groups is 4. The van der Waals surface area contributed by atoms with Gasteiger partial charge >= 0.3 is 39.5 Å². The van der Waals surface area contributed by atoms with Gasteiger partial charge in [0.25, 0.3) is 0 Å². The van der Waals surface area contributed by atoms with Crippen molar-refractivity contribution >= 4 is 39.5 Å². The SMILES string of the molecule is CCC(C)CCCCCCCCCCCCCCCCCCCCC(=O)O[C@H](COC(=O)CCCCCCCCC(C)CC)COP(=O)(O)OC[C@H](O)COP(=O)(O)OC[C@@H](COC(=O)CCCCCCCCCCCCCCCCCC(C)C)OC(=O)CCCCCCCCCCCCC(C)C. The molecule has 0 aliphatic rings. The van der Waals surface area contributed by atoms with Crippen molar-refractivity contribution in [1.29, 1.82) is 0 Å². The Labute approximate surface area is 632 Å². The lowest BCUT2D eigenvalue weighted by molar-refractivity contribution is -0.161. The largest absolute Gasteiger partial charge is 0.472 e. The van der Waals surface area contributed by atoms with E-state index in [0.29, 0.717) is 25.7 Å². The lowest BCUT2D eigenvalue weighted by Gasteiger charge is -2.21. The Hall–Kier alpha value is -1.94. The monoisotopic (exact) mass is 1510 g/mol. The molecule has 0 saturated carbocycles. The second-order valence-corrected chi connectivity index (χ2v) is 34.6. The molecule has 0 aromatic heterocycles. The summed E-state index contributed by atoms with van der Waals surface area (Å²) in [6.45, 7) is 14.3. The van der Waals surface area contributed by atoms with Crippen LogP contribution in [0.5, 0.6) is 0 Å². The molecule has 0 bridgehead atoms. The van der Waals surface area contributed by atoms with E-state index in [9.17, 15) is 43.2 Å². The van der Waals surface area contributed by atoms with E-state index in [1.165, 1.54) is 231 Å². The Kier molecular flexibility index (Phi) is 71.5. The first-order valence-electron chi connectivity index (χ1n) is 43.3. The number of phosphoric acid groups is 2. The second-order valence-electron chi connectivity index (χ2n) is 31.7. The van der Waals surface area contributed by atoms with Crippen molar-refractivity contribution in [3.8, 4) is 0 Å². The summed E-state index contributed by atoms with van der Waals surface area (Å²) in [4.78, 5) is 73.1. The van der Waals surface area contributed by atoms with E-state index in [0.717, 1.165) is 120 Å². The average molecular weight is 1510 g/mol. The third kappa shape index (κ3) is 75.3. The van der Waals surface area contributed by atoms with Gasteiger partial charge in [-0.15, -0.1) is 0 Å². The van der Waals surface area contributed by atoms with Gasteiger partial charge in [0.15, 0.2) is 12.2 Å². The quantitative estimate of drug-likeness (QED) is 0.0222. The van der Waals surface area contributed by atoms with Crippen molar-refractivity contribution in [1.82, 2.24) is 0 Å². The maximum atomic E-state index is 13.1. The minimum absolute atomic E-state index is 0.106. The molecule has 3 N–H and O–H groups in total. The lowest BCUT2D eigenvalue weighted by atomic mass is 9.99. The summed E-state index contributed by atoms with van der Waals surface area (Å²) >= 11 is 0. The minimum Gasteiger partial charge on any atom is -0.462 e. The molecule has 7 atom stereocenters. The Balaban J connectivity index is 5.18. The number of carbonyl (C=O) groups excluding carboxylic acids is 4. The molecule has 0 spiro atoms. The van der Waals surface area contributed by atoms with E-state index in [1.807, 2.05) is 0 Å². The van der Waals surface area contributed by atoms with Crippen molar-refractivity contribution < 1.29 is 80.2 Å². The zero-order chi connectivity index (χ0) is 76.0. The zero-order valence-electron chi connectivity index (χ0n) is 68.0. The number of hydrogen-bond donors (Lipinski definition) is 3. The maximum Gasteiger partial charge on any atom is 0.472 e. The predicted molar refractivity (Wildman–Crippen MR) is 423 cm³/mol. The van der Waals surface area contributed by atoms with E-state index in [4.69, 9.17) is 37.0 Å². The molecule has 0 fully saturated rings. The highest BCUT2D eigenvalue weighted by molar-refractivity contribution is 7.47. The van der Waals surface area contributed by atoms with Crippen LogP contribution >= 0.6 is 15.6 Å². The van der Waals surface area contributed by atoms with Crippen LogP contribution in [-0.4, -0.2) is 96.7 Å². The molecule has 17 nitrogen and oxygen atoms in total. The van der Waals surface area contributed by atoms with Crippen molar-refractivity contribution in [2.45, 2.75) is 453 Å². The minimum atomic E-state index is -4.96. The molecule has 0 aliphatic heterocycles. The van der Waals surface area contributed by atoms with Gasteiger partial charge in [-0.3, -0.25) is 37.3 Å². The fourth-order valence-corrected chi connectivity index (χ4v) is 14.5. The van der Waals surface area contributed by atoms with Crippen LogP contribution in [0.1, 0.15) is 434 Å². The fourth-order valence-electron chi connectivity index (χ4n) is 12.9. The van der Waals surface area contributed by atoms with Crippen LogP contribution in [0.3, 0.4) is 0 Å². The van der Waals surface area contributed by atoms with E-state index in [-0.39, 0.29) is 25.7 Å². The summed E-state index contributed by atoms with van der Waals surface area (Å²) in [5, 5.41) is 10.7. The molecule has 103 heavy (non-hydrogen) atoms. The molecule has 612 valence electrons. The van der Waals surface area contributed by atoms with Crippen LogP contribution in [-0.2, 0) is 65.4 Å². The average Bonchev–Trinajstić information content (AvgIpc) is 0.908. The van der Waals surface area contributed by atoms with Crippen LogP contribution < -0.4 is 0 Å². The van der Waals surface area contributed by atoms with Crippen LogP contribution in [0.2, 0.25) is 0 Å².